The summed E-state index contributed by atoms with van der Waals surface area (Å²) in [7, 11) is 1.54. The third kappa shape index (κ3) is 3.82. The van der Waals surface area contributed by atoms with E-state index in [-0.39, 0.29) is 35.6 Å². The maximum absolute atomic E-state index is 11.4. The van der Waals surface area contributed by atoms with Crippen molar-refractivity contribution in [3.8, 4) is 0 Å². The second-order valence-corrected chi connectivity index (χ2v) is 3.31. The minimum absolute atomic E-state index is 0.137. The van der Waals surface area contributed by atoms with Crippen LogP contribution < -0.4 is 10.6 Å². The summed E-state index contributed by atoms with van der Waals surface area (Å²) in [6.45, 7) is 0.253. The Balaban J connectivity index is 2.41. The lowest BCUT2D eigenvalue weighted by Gasteiger charge is -2.03. The van der Waals surface area contributed by atoms with Crippen LogP contribution in [-0.4, -0.2) is 35.6 Å². The summed E-state index contributed by atoms with van der Waals surface area (Å²) in [5.74, 6) is -0.518. The molecule has 1 aromatic heterocycles. The Labute approximate surface area is 97.4 Å². The molecule has 86 valence electrons. The molecule has 2 N–H and O–H groups in total. The zero-order valence-electron chi connectivity index (χ0n) is 8.66. The number of hydrogen-bond donors (Lipinski definition) is 2. The highest BCUT2D eigenvalue weighted by molar-refractivity contribution is 6.29. The molecular weight excluding hydrogens is 232 g/mol. The molecule has 7 heteroatoms. The number of amides is 2. The van der Waals surface area contributed by atoms with Gasteiger partial charge in [-0.1, -0.05) is 11.6 Å². The fourth-order valence-corrected chi connectivity index (χ4v) is 1.04. The monoisotopic (exact) mass is 242 g/mol. The first-order valence-corrected chi connectivity index (χ1v) is 4.99. The van der Waals surface area contributed by atoms with Crippen molar-refractivity contribution in [1.29, 1.82) is 0 Å². The number of nitrogens with zero attached hydrogens (tertiary/aromatic N) is 2. The maximum Gasteiger partial charge on any atom is 0.271 e. The largest absolute Gasteiger partial charge is 0.359 e. The smallest absolute Gasteiger partial charge is 0.271 e. The zero-order valence-corrected chi connectivity index (χ0v) is 9.41. The summed E-state index contributed by atoms with van der Waals surface area (Å²) in [4.78, 5) is 22.3. The van der Waals surface area contributed by atoms with Gasteiger partial charge in [-0.15, -0.1) is 10.2 Å². The van der Waals surface area contributed by atoms with Gasteiger partial charge in [0.1, 0.15) is 0 Å². The van der Waals surface area contributed by atoms with Crippen LogP contribution in [0.4, 0.5) is 0 Å². The Kier molecular flexibility index (Phi) is 4.65. The van der Waals surface area contributed by atoms with E-state index >= 15 is 0 Å². The van der Waals surface area contributed by atoms with Crippen molar-refractivity contribution in [2.24, 2.45) is 0 Å². The minimum Gasteiger partial charge on any atom is -0.359 e. The summed E-state index contributed by atoms with van der Waals surface area (Å²) in [6.07, 6.45) is 0.225. The molecular formula is C9H11ClN4O2. The number of carbonyl (C=O) groups excluding carboxylic acids is 2. The van der Waals surface area contributed by atoms with Gasteiger partial charge in [0, 0.05) is 20.0 Å². The van der Waals surface area contributed by atoms with Crippen LogP contribution in [0.5, 0.6) is 0 Å². The summed E-state index contributed by atoms with van der Waals surface area (Å²) >= 11 is 5.52. The van der Waals surface area contributed by atoms with E-state index < -0.39 is 0 Å². The van der Waals surface area contributed by atoms with E-state index in [0.717, 1.165) is 0 Å². The van der Waals surface area contributed by atoms with E-state index in [4.69, 9.17) is 11.6 Å². The molecule has 1 aromatic rings. The van der Waals surface area contributed by atoms with Gasteiger partial charge in [0.05, 0.1) is 0 Å². The minimum atomic E-state index is -0.381. The fraction of sp³-hybridized carbons (Fsp3) is 0.333. The van der Waals surface area contributed by atoms with E-state index in [1.165, 1.54) is 19.2 Å². The number of rotatable bonds is 4. The van der Waals surface area contributed by atoms with Gasteiger partial charge < -0.3 is 10.6 Å². The normalized spacial score (nSPS) is 9.62. The number of aromatic nitrogens is 2. The first kappa shape index (κ1) is 12.4. The molecule has 2 amide bonds. The van der Waals surface area contributed by atoms with Crippen molar-refractivity contribution in [1.82, 2.24) is 20.8 Å². The molecule has 0 aliphatic carbocycles. The van der Waals surface area contributed by atoms with Crippen LogP contribution in [0, 0.1) is 0 Å². The summed E-state index contributed by atoms with van der Waals surface area (Å²) in [5.41, 5.74) is 0.168. The molecule has 1 rings (SSSR count). The van der Waals surface area contributed by atoms with Crippen molar-refractivity contribution in [3.05, 3.63) is 23.0 Å². The summed E-state index contributed by atoms with van der Waals surface area (Å²) in [6, 6.07) is 2.94. The standard InChI is InChI=1S/C9H11ClN4O2/c1-11-8(15)4-5-12-9(16)6-2-3-7(10)14-13-6/h2-3H,4-5H2,1H3,(H,11,15)(H,12,16). The lowest BCUT2D eigenvalue weighted by Crippen LogP contribution is -2.29. The molecule has 0 aliphatic heterocycles. The van der Waals surface area contributed by atoms with Crippen LogP contribution >= 0.6 is 11.6 Å². The van der Waals surface area contributed by atoms with Crippen LogP contribution in [-0.2, 0) is 4.79 Å². The maximum atomic E-state index is 11.4. The zero-order chi connectivity index (χ0) is 12.0. The molecule has 0 saturated carbocycles. The second-order valence-electron chi connectivity index (χ2n) is 2.92. The highest BCUT2D eigenvalue weighted by Crippen LogP contribution is 2.01. The highest BCUT2D eigenvalue weighted by atomic mass is 35.5. The van der Waals surface area contributed by atoms with E-state index in [1.807, 2.05) is 0 Å². The Morgan fingerprint density at radius 2 is 2.12 bits per heavy atom. The molecule has 0 unspecified atom stereocenters. The van der Waals surface area contributed by atoms with E-state index in [9.17, 15) is 9.59 Å². The Morgan fingerprint density at radius 3 is 2.69 bits per heavy atom. The van der Waals surface area contributed by atoms with Gasteiger partial charge >= 0.3 is 0 Å². The average Bonchev–Trinajstić information content (AvgIpc) is 2.29. The van der Waals surface area contributed by atoms with Crippen LogP contribution in [0.2, 0.25) is 5.15 Å². The molecule has 6 nitrogen and oxygen atoms in total. The predicted octanol–water partition coefficient (Wildman–Crippen LogP) is -0.00410. The lowest BCUT2D eigenvalue weighted by atomic mass is 10.3. The Bertz CT molecular complexity index is 380. The molecule has 1 heterocycles. The number of hydrogen-bond acceptors (Lipinski definition) is 4. The van der Waals surface area contributed by atoms with E-state index in [1.54, 1.807) is 0 Å². The van der Waals surface area contributed by atoms with E-state index in [2.05, 4.69) is 20.8 Å². The molecule has 0 radical (unpaired) electrons. The molecule has 0 bridgehead atoms. The third-order valence-electron chi connectivity index (χ3n) is 1.78. The molecule has 0 fully saturated rings. The molecule has 0 aliphatic rings. The average molecular weight is 243 g/mol. The quantitative estimate of drug-likeness (QED) is 0.778. The van der Waals surface area contributed by atoms with Crippen LogP contribution in [0.25, 0.3) is 0 Å². The number of nitrogens with one attached hydrogen (secondary N) is 2. The van der Waals surface area contributed by atoms with Crippen molar-refractivity contribution in [2.75, 3.05) is 13.6 Å². The third-order valence-corrected chi connectivity index (χ3v) is 1.98. The Hall–Kier alpha value is -1.69. The molecule has 0 atom stereocenters. The van der Waals surface area contributed by atoms with Crippen molar-refractivity contribution >= 4 is 23.4 Å². The van der Waals surface area contributed by atoms with Gasteiger partial charge in [-0.25, -0.2) is 0 Å². The highest BCUT2D eigenvalue weighted by Gasteiger charge is 2.07. The molecule has 0 aromatic carbocycles. The first-order valence-electron chi connectivity index (χ1n) is 4.61. The fourth-order valence-electron chi connectivity index (χ4n) is 0.942. The van der Waals surface area contributed by atoms with Crippen LogP contribution in [0.3, 0.4) is 0 Å². The van der Waals surface area contributed by atoms with Gasteiger partial charge in [0.25, 0.3) is 5.91 Å². The van der Waals surface area contributed by atoms with Gasteiger partial charge in [0.15, 0.2) is 10.8 Å². The van der Waals surface area contributed by atoms with Crippen LogP contribution in [0.15, 0.2) is 12.1 Å². The van der Waals surface area contributed by atoms with Crippen molar-refractivity contribution in [2.45, 2.75) is 6.42 Å². The number of carbonyl (C=O) groups is 2. The van der Waals surface area contributed by atoms with Crippen molar-refractivity contribution < 1.29 is 9.59 Å². The van der Waals surface area contributed by atoms with Gasteiger partial charge in [0.2, 0.25) is 5.91 Å². The lowest BCUT2D eigenvalue weighted by molar-refractivity contribution is -0.120. The van der Waals surface area contributed by atoms with Crippen LogP contribution in [0.1, 0.15) is 16.9 Å². The molecule has 0 saturated heterocycles. The number of halogens is 1. The Morgan fingerprint density at radius 1 is 1.38 bits per heavy atom. The molecule has 0 spiro atoms. The van der Waals surface area contributed by atoms with E-state index in [0.29, 0.717) is 0 Å². The second kappa shape index (κ2) is 6.02. The van der Waals surface area contributed by atoms with Gasteiger partial charge in [-0.2, -0.15) is 0 Å². The van der Waals surface area contributed by atoms with Gasteiger partial charge in [-0.05, 0) is 12.1 Å². The summed E-state index contributed by atoms with van der Waals surface area (Å²) < 4.78 is 0. The molecule has 16 heavy (non-hydrogen) atoms. The first-order chi connectivity index (χ1) is 7.63. The summed E-state index contributed by atoms with van der Waals surface area (Å²) in [5, 5.41) is 12.3. The SMILES string of the molecule is CNC(=O)CCNC(=O)c1ccc(Cl)nn1. The van der Waals surface area contributed by atoms with Crippen molar-refractivity contribution in [3.63, 3.8) is 0 Å². The predicted molar refractivity (Wildman–Crippen MR) is 58.1 cm³/mol. The topological polar surface area (TPSA) is 84.0 Å². The van der Waals surface area contributed by atoms with Gasteiger partial charge in [-0.3, -0.25) is 9.59 Å².